The molecule has 0 spiro atoms. The Bertz CT molecular complexity index is 924. The number of hydrogen-bond donors (Lipinski definition) is 2. The minimum atomic E-state index is -3.21. The average molecular weight is 404 g/mol. The Kier molecular flexibility index (Phi) is 7.87. The predicted molar refractivity (Wildman–Crippen MR) is 114 cm³/mol. The summed E-state index contributed by atoms with van der Waals surface area (Å²) in [6.45, 7) is 5.77. The third-order valence-corrected chi connectivity index (χ3v) is 5.54. The Morgan fingerprint density at radius 1 is 1.14 bits per heavy atom. The first-order chi connectivity index (χ1) is 13.3. The van der Waals surface area contributed by atoms with Gasteiger partial charge in [-0.05, 0) is 49.1 Å². The lowest BCUT2D eigenvalue weighted by Crippen LogP contribution is -2.38. The average Bonchev–Trinajstić information content (AvgIpc) is 2.65. The van der Waals surface area contributed by atoms with Gasteiger partial charge in [-0.2, -0.15) is 0 Å². The molecular weight excluding hydrogens is 374 g/mol. The molecule has 0 saturated heterocycles. The van der Waals surface area contributed by atoms with E-state index in [1.165, 1.54) is 6.26 Å². The highest BCUT2D eigenvalue weighted by molar-refractivity contribution is 7.90. The van der Waals surface area contributed by atoms with E-state index in [1.54, 1.807) is 20.1 Å². The maximum atomic E-state index is 11.7. The molecule has 0 atom stereocenters. The molecule has 0 saturated carbocycles. The van der Waals surface area contributed by atoms with Crippen LogP contribution in [0.15, 0.2) is 52.4 Å². The maximum absolute atomic E-state index is 11.7. The highest BCUT2D eigenvalue weighted by Gasteiger charge is 2.10. The summed E-state index contributed by atoms with van der Waals surface area (Å²) in [5, 5.41) is 6.56. The number of methoxy groups -OCH3 is 1. The first kappa shape index (κ1) is 21.8. The zero-order valence-corrected chi connectivity index (χ0v) is 17.8. The number of nitrogens with zero attached hydrogens (tertiary/aromatic N) is 1. The lowest BCUT2D eigenvalue weighted by Gasteiger charge is -2.13. The summed E-state index contributed by atoms with van der Waals surface area (Å²) in [5.41, 5.74) is 2.84. The van der Waals surface area contributed by atoms with Gasteiger partial charge >= 0.3 is 0 Å². The molecule has 2 aromatic carbocycles. The summed E-state index contributed by atoms with van der Waals surface area (Å²) in [7, 11) is -1.53. The molecule has 152 valence electrons. The molecule has 0 bridgehead atoms. The number of sulfone groups is 1. The van der Waals surface area contributed by atoms with Crippen molar-refractivity contribution in [3.05, 3.63) is 59.2 Å². The van der Waals surface area contributed by atoms with Crippen LogP contribution in [-0.2, 0) is 22.8 Å². The van der Waals surface area contributed by atoms with Crippen molar-refractivity contribution >= 4 is 15.8 Å². The highest BCUT2D eigenvalue weighted by Crippen LogP contribution is 2.18. The molecule has 0 radical (unpaired) electrons. The Hall–Kier alpha value is -2.54. The second kappa shape index (κ2) is 10.1. The van der Waals surface area contributed by atoms with Crippen LogP contribution in [0.5, 0.6) is 5.75 Å². The molecule has 2 N–H and O–H groups in total. The zero-order chi connectivity index (χ0) is 20.6. The van der Waals surface area contributed by atoms with Gasteiger partial charge in [0.25, 0.3) is 0 Å². The van der Waals surface area contributed by atoms with E-state index in [0.29, 0.717) is 11.4 Å². The van der Waals surface area contributed by atoms with Crippen LogP contribution in [0.2, 0.25) is 0 Å². The van der Waals surface area contributed by atoms with Crippen molar-refractivity contribution in [1.82, 2.24) is 10.6 Å². The van der Waals surface area contributed by atoms with E-state index >= 15 is 0 Å². The van der Waals surface area contributed by atoms with E-state index in [9.17, 15) is 8.42 Å². The molecule has 0 fully saturated rings. The van der Waals surface area contributed by atoms with Gasteiger partial charge in [0.1, 0.15) is 5.75 Å². The number of guanidine groups is 1. The van der Waals surface area contributed by atoms with Crippen LogP contribution >= 0.6 is 0 Å². The van der Waals surface area contributed by atoms with Gasteiger partial charge in [-0.25, -0.2) is 13.4 Å². The fraction of sp³-hybridized carbons (Fsp3) is 0.381. The van der Waals surface area contributed by atoms with E-state index in [-0.39, 0.29) is 0 Å². The third kappa shape index (κ3) is 6.27. The number of para-hydroxylation sites is 1. The number of aliphatic imine (C=N–C) groups is 1. The van der Waals surface area contributed by atoms with Crippen molar-refractivity contribution in [2.75, 3.05) is 26.5 Å². The summed E-state index contributed by atoms with van der Waals surface area (Å²) >= 11 is 0. The van der Waals surface area contributed by atoms with Crippen molar-refractivity contribution in [3.8, 4) is 5.75 Å². The lowest BCUT2D eigenvalue weighted by molar-refractivity contribution is 0.409. The molecule has 2 rings (SSSR count). The van der Waals surface area contributed by atoms with Gasteiger partial charge in [-0.1, -0.05) is 30.3 Å². The first-order valence-corrected chi connectivity index (χ1v) is 11.2. The van der Waals surface area contributed by atoms with E-state index < -0.39 is 9.84 Å². The molecule has 6 nitrogen and oxygen atoms in total. The van der Waals surface area contributed by atoms with Crippen molar-refractivity contribution in [3.63, 3.8) is 0 Å². The van der Waals surface area contributed by atoms with E-state index in [4.69, 9.17) is 4.74 Å². The topological polar surface area (TPSA) is 79.8 Å². The Morgan fingerprint density at radius 2 is 1.89 bits per heavy atom. The fourth-order valence-electron chi connectivity index (χ4n) is 2.96. The summed E-state index contributed by atoms with van der Waals surface area (Å²) in [6.07, 6.45) is 2.04. The summed E-state index contributed by atoms with van der Waals surface area (Å²) in [5.74, 6) is 1.61. The second-order valence-electron chi connectivity index (χ2n) is 6.56. The van der Waals surface area contributed by atoms with Gasteiger partial charge in [-0.15, -0.1) is 0 Å². The Balaban J connectivity index is 2.01. The van der Waals surface area contributed by atoms with Crippen LogP contribution in [0.3, 0.4) is 0 Å². The van der Waals surface area contributed by atoms with Crippen molar-refractivity contribution in [2.45, 2.75) is 31.7 Å². The molecule has 0 aromatic heterocycles. The molecule has 28 heavy (non-hydrogen) atoms. The number of ether oxygens (including phenoxy) is 1. The predicted octanol–water partition coefficient (Wildman–Crippen LogP) is 2.70. The number of aryl methyl sites for hydroxylation is 1. The largest absolute Gasteiger partial charge is 0.496 e. The molecule has 0 heterocycles. The first-order valence-electron chi connectivity index (χ1n) is 9.28. The van der Waals surface area contributed by atoms with Crippen LogP contribution in [-0.4, -0.2) is 40.8 Å². The Morgan fingerprint density at radius 3 is 2.54 bits per heavy atom. The molecule has 0 unspecified atom stereocenters. The quantitative estimate of drug-likeness (QED) is 0.523. The van der Waals surface area contributed by atoms with E-state index in [0.717, 1.165) is 47.9 Å². The molecule has 0 amide bonds. The minimum Gasteiger partial charge on any atom is -0.496 e. The number of rotatable bonds is 8. The number of hydrogen-bond acceptors (Lipinski definition) is 4. The standard InChI is InChI=1S/C21H29N3O3S/c1-5-22-21(23-13-12-18-8-6-7-9-19(18)27-3)24-15-17-10-11-20(16(2)14-17)28(4,25)26/h6-11,14H,5,12-13,15H2,1-4H3,(H2,22,23,24). The van der Waals surface area contributed by atoms with Crippen molar-refractivity contribution < 1.29 is 13.2 Å². The third-order valence-electron chi connectivity index (χ3n) is 4.28. The number of benzene rings is 2. The zero-order valence-electron chi connectivity index (χ0n) is 17.0. The Labute approximate surface area is 168 Å². The SMILES string of the molecule is CCNC(=NCc1ccc(S(C)(=O)=O)c(C)c1)NCCc1ccccc1OC. The molecule has 0 aliphatic heterocycles. The smallest absolute Gasteiger partial charge is 0.191 e. The van der Waals surface area contributed by atoms with Gasteiger partial charge in [-0.3, -0.25) is 0 Å². The van der Waals surface area contributed by atoms with Crippen molar-refractivity contribution in [2.24, 2.45) is 4.99 Å². The molecular formula is C21H29N3O3S. The normalized spacial score (nSPS) is 11.9. The van der Waals surface area contributed by atoms with Crippen LogP contribution in [0.1, 0.15) is 23.6 Å². The van der Waals surface area contributed by atoms with Crippen LogP contribution in [0.25, 0.3) is 0 Å². The molecule has 0 aliphatic rings. The highest BCUT2D eigenvalue weighted by atomic mass is 32.2. The summed E-state index contributed by atoms with van der Waals surface area (Å²) in [6, 6.07) is 13.3. The van der Waals surface area contributed by atoms with Gasteiger partial charge in [0.15, 0.2) is 15.8 Å². The van der Waals surface area contributed by atoms with E-state index in [1.807, 2.05) is 37.3 Å². The molecule has 2 aromatic rings. The van der Waals surface area contributed by atoms with Crippen LogP contribution in [0, 0.1) is 6.92 Å². The van der Waals surface area contributed by atoms with Crippen molar-refractivity contribution in [1.29, 1.82) is 0 Å². The minimum absolute atomic E-state index is 0.363. The monoisotopic (exact) mass is 403 g/mol. The summed E-state index contributed by atoms with van der Waals surface area (Å²) in [4.78, 5) is 4.97. The molecule has 0 aliphatic carbocycles. The molecule has 7 heteroatoms. The lowest BCUT2D eigenvalue weighted by atomic mass is 10.1. The fourth-order valence-corrected chi connectivity index (χ4v) is 3.92. The van der Waals surface area contributed by atoms with Crippen LogP contribution in [0.4, 0.5) is 0 Å². The van der Waals surface area contributed by atoms with Gasteiger partial charge in [0, 0.05) is 19.3 Å². The second-order valence-corrected chi connectivity index (χ2v) is 8.54. The number of nitrogens with one attached hydrogen (secondary N) is 2. The summed E-state index contributed by atoms with van der Waals surface area (Å²) < 4.78 is 28.9. The van der Waals surface area contributed by atoms with Gasteiger partial charge in [0.05, 0.1) is 18.6 Å². The van der Waals surface area contributed by atoms with Gasteiger partial charge in [0.2, 0.25) is 0 Å². The van der Waals surface area contributed by atoms with E-state index in [2.05, 4.69) is 21.7 Å². The van der Waals surface area contributed by atoms with Crippen LogP contribution < -0.4 is 15.4 Å². The van der Waals surface area contributed by atoms with Gasteiger partial charge < -0.3 is 15.4 Å². The maximum Gasteiger partial charge on any atom is 0.191 e.